The van der Waals surface area contributed by atoms with E-state index in [4.69, 9.17) is 15.3 Å². The number of nitrogens with two attached hydrogens (primary N) is 2. The Morgan fingerprint density at radius 1 is 0.833 bits per heavy atom. The minimum absolute atomic E-state index is 0.0238. The minimum atomic E-state index is -3.78. The molecule has 0 aliphatic heterocycles. The van der Waals surface area contributed by atoms with Gasteiger partial charge in [-0.2, -0.15) is 0 Å². The van der Waals surface area contributed by atoms with Crippen molar-refractivity contribution in [3.63, 3.8) is 0 Å². The fraction of sp³-hybridized carbons (Fsp3) is 0. The molecule has 0 bridgehead atoms. The van der Waals surface area contributed by atoms with E-state index in [-0.39, 0.29) is 4.90 Å². The number of sulfonamides is 1. The summed E-state index contributed by atoms with van der Waals surface area (Å²) >= 11 is 0. The van der Waals surface area contributed by atoms with Crippen LogP contribution in [0.3, 0.4) is 0 Å². The molecular weight excluding hydrogens is 402 g/mol. The number of pyridine rings is 1. The lowest BCUT2D eigenvalue weighted by Gasteiger charge is -2.10. The molecule has 0 saturated carbocycles. The van der Waals surface area contributed by atoms with Crippen LogP contribution >= 0.6 is 0 Å². The zero-order chi connectivity index (χ0) is 21.3. The maximum Gasteiger partial charge on any atom is 0.248 e. The lowest BCUT2D eigenvalue weighted by Crippen LogP contribution is -2.11. The molecule has 0 fully saturated rings. The van der Waals surface area contributed by atoms with Crippen LogP contribution in [0.1, 0.15) is 10.4 Å². The molecule has 150 valence electrons. The number of carbonyl (C=O) groups excluding carboxylic acids is 1. The van der Waals surface area contributed by atoms with Gasteiger partial charge in [-0.15, -0.1) is 0 Å². The summed E-state index contributed by atoms with van der Waals surface area (Å²) in [5, 5.41) is 5.18. The molecule has 0 saturated heterocycles. The van der Waals surface area contributed by atoms with Crippen molar-refractivity contribution in [1.82, 2.24) is 4.98 Å². The summed E-state index contributed by atoms with van der Waals surface area (Å²) in [6.07, 6.45) is 1.56. The van der Waals surface area contributed by atoms with E-state index < -0.39 is 15.9 Å². The van der Waals surface area contributed by atoms with Crippen molar-refractivity contribution >= 4 is 15.9 Å². The normalized spacial score (nSPS) is 11.4. The quantitative estimate of drug-likeness (QED) is 0.512. The second-order valence-electron chi connectivity index (χ2n) is 6.61. The van der Waals surface area contributed by atoms with Gasteiger partial charge < -0.3 is 10.2 Å². The average Bonchev–Trinajstić information content (AvgIpc) is 3.28. The molecule has 0 aliphatic carbocycles. The predicted molar refractivity (Wildman–Crippen MR) is 113 cm³/mol. The van der Waals surface area contributed by atoms with Crippen LogP contribution in [0.4, 0.5) is 0 Å². The van der Waals surface area contributed by atoms with Crippen molar-refractivity contribution in [3.8, 4) is 33.8 Å². The molecule has 2 aromatic heterocycles. The van der Waals surface area contributed by atoms with Crippen LogP contribution in [-0.4, -0.2) is 19.3 Å². The zero-order valence-electron chi connectivity index (χ0n) is 15.6. The Morgan fingerprint density at radius 3 is 2.03 bits per heavy atom. The predicted octanol–water partition coefficient (Wildman–Crippen LogP) is 3.42. The van der Waals surface area contributed by atoms with E-state index in [1.54, 1.807) is 54.8 Å². The van der Waals surface area contributed by atoms with Gasteiger partial charge in [0.1, 0.15) is 5.69 Å². The molecule has 30 heavy (non-hydrogen) atoms. The van der Waals surface area contributed by atoms with Crippen molar-refractivity contribution in [2.75, 3.05) is 0 Å². The maximum absolute atomic E-state index is 11.5. The molecular formula is C22H17N3O4S. The average molecular weight is 419 g/mol. The van der Waals surface area contributed by atoms with Crippen molar-refractivity contribution in [1.29, 1.82) is 0 Å². The van der Waals surface area contributed by atoms with E-state index >= 15 is 0 Å². The summed E-state index contributed by atoms with van der Waals surface area (Å²) < 4.78 is 28.5. The standard InChI is InChI=1S/C22H17N3O4S/c23-22(26)16-5-3-14(4-6-16)17-12-19(25-20(13-17)21-2-1-11-29-21)15-7-9-18(10-8-15)30(24,27)28/h1-13H,(H2,23,26)(H2,24,27,28). The fourth-order valence-corrected chi connectivity index (χ4v) is 3.55. The van der Waals surface area contributed by atoms with Gasteiger partial charge >= 0.3 is 0 Å². The molecule has 0 unspecified atom stereocenters. The second kappa shape index (κ2) is 7.58. The molecule has 0 aliphatic rings. The Balaban J connectivity index is 1.83. The molecule has 0 atom stereocenters. The number of primary amides is 1. The highest BCUT2D eigenvalue weighted by Crippen LogP contribution is 2.31. The van der Waals surface area contributed by atoms with Gasteiger partial charge in [-0.25, -0.2) is 18.5 Å². The molecule has 7 nitrogen and oxygen atoms in total. The number of carbonyl (C=O) groups is 1. The number of rotatable bonds is 5. The Bertz CT molecular complexity index is 1310. The van der Waals surface area contributed by atoms with Crippen molar-refractivity contribution in [2.24, 2.45) is 10.9 Å². The van der Waals surface area contributed by atoms with Crippen LogP contribution in [0.5, 0.6) is 0 Å². The first-order valence-corrected chi connectivity index (χ1v) is 10.5. The summed E-state index contributed by atoms with van der Waals surface area (Å²) in [7, 11) is -3.78. The largest absolute Gasteiger partial charge is 0.463 e. The van der Waals surface area contributed by atoms with E-state index in [2.05, 4.69) is 4.98 Å². The molecule has 0 spiro atoms. The first-order chi connectivity index (χ1) is 14.3. The number of hydrogen-bond acceptors (Lipinski definition) is 5. The van der Waals surface area contributed by atoms with E-state index in [0.717, 1.165) is 11.1 Å². The van der Waals surface area contributed by atoms with Gasteiger partial charge in [0, 0.05) is 11.1 Å². The summed E-state index contributed by atoms with van der Waals surface area (Å²) in [4.78, 5) is 16.0. The van der Waals surface area contributed by atoms with Crippen molar-refractivity contribution in [3.05, 3.63) is 84.6 Å². The molecule has 8 heteroatoms. The van der Waals surface area contributed by atoms with Gasteiger partial charge in [-0.05, 0) is 59.7 Å². The van der Waals surface area contributed by atoms with Crippen LogP contribution in [0.15, 0.2) is 88.4 Å². The molecule has 4 aromatic rings. The molecule has 2 aromatic carbocycles. The summed E-state index contributed by atoms with van der Waals surface area (Å²) in [5.41, 5.74) is 9.39. The molecule has 4 rings (SSSR count). The molecule has 1 amide bonds. The molecule has 2 heterocycles. The lowest BCUT2D eigenvalue weighted by molar-refractivity contribution is 0.100. The van der Waals surface area contributed by atoms with Crippen LogP contribution in [0.2, 0.25) is 0 Å². The monoisotopic (exact) mass is 419 g/mol. The van der Waals surface area contributed by atoms with Gasteiger partial charge in [0.15, 0.2) is 5.76 Å². The van der Waals surface area contributed by atoms with Crippen LogP contribution in [0.25, 0.3) is 33.8 Å². The summed E-state index contributed by atoms with van der Waals surface area (Å²) in [5.74, 6) is 0.0937. The van der Waals surface area contributed by atoms with Gasteiger partial charge in [0.05, 0.1) is 16.9 Å². The fourth-order valence-electron chi connectivity index (χ4n) is 3.04. The van der Waals surface area contributed by atoms with Crippen molar-refractivity contribution < 1.29 is 17.6 Å². The number of amides is 1. The zero-order valence-corrected chi connectivity index (χ0v) is 16.5. The highest BCUT2D eigenvalue weighted by molar-refractivity contribution is 7.89. The summed E-state index contributed by atoms with van der Waals surface area (Å²) in [6.45, 7) is 0. The SMILES string of the molecule is NC(=O)c1ccc(-c2cc(-c3ccc(S(N)(=O)=O)cc3)nc(-c3ccco3)c2)cc1. The second-order valence-corrected chi connectivity index (χ2v) is 8.18. The number of furan rings is 1. The first kappa shape index (κ1) is 19.6. The highest BCUT2D eigenvalue weighted by Gasteiger charge is 2.13. The van der Waals surface area contributed by atoms with Gasteiger partial charge in [-0.3, -0.25) is 4.79 Å². The van der Waals surface area contributed by atoms with Gasteiger partial charge in [0.2, 0.25) is 15.9 Å². The van der Waals surface area contributed by atoms with Crippen molar-refractivity contribution in [2.45, 2.75) is 4.90 Å². The summed E-state index contributed by atoms with van der Waals surface area (Å²) in [6, 6.07) is 20.4. The third-order valence-electron chi connectivity index (χ3n) is 4.58. The molecule has 4 N–H and O–H groups in total. The highest BCUT2D eigenvalue weighted by atomic mass is 32.2. The Labute approximate surface area is 173 Å². The Morgan fingerprint density at radius 2 is 1.47 bits per heavy atom. The Hall–Kier alpha value is -3.75. The third-order valence-corrected chi connectivity index (χ3v) is 5.51. The van der Waals surface area contributed by atoms with E-state index in [9.17, 15) is 13.2 Å². The molecule has 0 radical (unpaired) electrons. The topological polar surface area (TPSA) is 129 Å². The number of benzene rings is 2. The first-order valence-electron chi connectivity index (χ1n) is 8.91. The lowest BCUT2D eigenvalue weighted by atomic mass is 10.0. The van der Waals surface area contributed by atoms with Crippen LogP contribution in [-0.2, 0) is 10.0 Å². The number of hydrogen-bond donors (Lipinski definition) is 2. The van der Waals surface area contributed by atoms with E-state index in [1.807, 2.05) is 12.1 Å². The Kier molecular flexibility index (Phi) is 4.94. The third kappa shape index (κ3) is 4.00. The van der Waals surface area contributed by atoms with E-state index in [1.165, 1.54) is 12.1 Å². The number of primary sulfonamides is 1. The number of nitrogens with zero attached hydrogens (tertiary/aromatic N) is 1. The van der Waals surface area contributed by atoms with Gasteiger partial charge in [0.25, 0.3) is 0 Å². The minimum Gasteiger partial charge on any atom is -0.463 e. The smallest absolute Gasteiger partial charge is 0.248 e. The van der Waals surface area contributed by atoms with Crippen LogP contribution < -0.4 is 10.9 Å². The van der Waals surface area contributed by atoms with Crippen LogP contribution in [0, 0.1) is 0 Å². The number of aromatic nitrogens is 1. The maximum atomic E-state index is 11.5. The van der Waals surface area contributed by atoms with E-state index in [0.29, 0.717) is 28.3 Å². The van der Waals surface area contributed by atoms with Gasteiger partial charge in [-0.1, -0.05) is 24.3 Å².